The van der Waals surface area contributed by atoms with Gasteiger partial charge in [0.15, 0.2) is 5.69 Å². The lowest BCUT2D eigenvalue weighted by Gasteiger charge is -2.14. The standard InChI is InChI=1S/C17H13ClF3N5O/c1-10-15(23-25-26(10)12-6-4-5-11(18)9-12)16(27)24-22-14-8-3-2-7-13(14)17(19,20)21/h2-9,22H,1H3,(H,24,27). The number of anilines is 1. The van der Waals surface area contributed by atoms with Crippen molar-refractivity contribution in [3.63, 3.8) is 0 Å². The number of amides is 1. The highest BCUT2D eigenvalue weighted by Crippen LogP contribution is 2.34. The number of carbonyl (C=O) groups excluding carboxylic acids is 1. The van der Waals surface area contributed by atoms with Crippen LogP contribution in [0.4, 0.5) is 18.9 Å². The Bertz CT molecular complexity index is 987. The van der Waals surface area contributed by atoms with Crippen LogP contribution in [0.1, 0.15) is 21.7 Å². The quantitative estimate of drug-likeness (QED) is 0.655. The maximum absolute atomic E-state index is 13.0. The zero-order chi connectivity index (χ0) is 19.6. The fourth-order valence-electron chi connectivity index (χ4n) is 2.41. The lowest BCUT2D eigenvalue weighted by Crippen LogP contribution is -2.31. The summed E-state index contributed by atoms with van der Waals surface area (Å²) in [4.78, 5) is 12.3. The van der Waals surface area contributed by atoms with Gasteiger partial charge in [0.2, 0.25) is 0 Å². The Morgan fingerprint density at radius 1 is 1.15 bits per heavy atom. The predicted octanol–water partition coefficient (Wildman–Crippen LogP) is 4.00. The summed E-state index contributed by atoms with van der Waals surface area (Å²) in [6.07, 6.45) is -4.56. The van der Waals surface area contributed by atoms with Gasteiger partial charge in [0, 0.05) is 5.02 Å². The second-order valence-electron chi connectivity index (χ2n) is 5.54. The molecule has 0 unspecified atom stereocenters. The normalized spacial score (nSPS) is 11.3. The molecule has 27 heavy (non-hydrogen) atoms. The molecule has 140 valence electrons. The highest BCUT2D eigenvalue weighted by molar-refractivity contribution is 6.30. The molecule has 0 fully saturated rings. The Labute approximate surface area is 156 Å². The van der Waals surface area contributed by atoms with Crippen molar-refractivity contribution in [3.05, 3.63) is 70.5 Å². The number of hydrogen-bond donors (Lipinski definition) is 2. The molecule has 6 nitrogen and oxygen atoms in total. The van der Waals surface area contributed by atoms with Crippen molar-refractivity contribution in [2.75, 3.05) is 5.43 Å². The van der Waals surface area contributed by atoms with Gasteiger partial charge in [-0.25, -0.2) is 4.68 Å². The molecular weight excluding hydrogens is 383 g/mol. The molecule has 1 amide bonds. The first kappa shape index (κ1) is 18.7. The molecule has 0 saturated heterocycles. The lowest BCUT2D eigenvalue weighted by atomic mass is 10.2. The van der Waals surface area contributed by atoms with E-state index in [1.807, 2.05) is 0 Å². The Hall–Kier alpha value is -3.07. The zero-order valence-corrected chi connectivity index (χ0v) is 14.6. The first-order valence-electron chi connectivity index (χ1n) is 7.68. The van der Waals surface area contributed by atoms with Gasteiger partial charge in [0.25, 0.3) is 5.91 Å². The van der Waals surface area contributed by atoms with Gasteiger partial charge in [-0.15, -0.1) is 5.10 Å². The molecule has 0 saturated carbocycles. The molecule has 1 aromatic heterocycles. The van der Waals surface area contributed by atoms with Crippen molar-refractivity contribution in [2.45, 2.75) is 13.1 Å². The van der Waals surface area contributed by atoms with Crippen molar-refractivity contribution in [2.24, 2.45) is 0 Å². The van der Waals surface area contributed by atoms with Crippen LogP contribution in [0.3, 0.4) is 0 Å². The molecule has 2 N–H and O–H groups in total. The van der Waals surface area contributed by atoms with E-state index in [2.05, 4.69) is 21.2 Å². The number of benzene rings is 2. The van der Waals surface area contributed by atoms with Gasteiger partial charge < -0.3 is 0 Å². The van der Waals surface area contributed by atoms with Crippen LogP contribution in [0.5, 0.6) is 0 Å². The van der Waals surface area contributed by atoms with Crippen molar-refractivity contribution >= 4 is 23.2 Å². The largest absolute Gasteiger partial charge is 0.418 e. The fourth-order valence-corrected chi connectivity index (χ4v) is 2.60. The van der Waals surface area contributed by atoms with Gasteiger partial charge >= 0.3 is 6.18 Å². The molecule has 3 rings (SSSR count). The van der Waals surface area contributed by atoms with Gasteiger partial charge in [0.05, 0.1) is 22.6 Å². The number of alkyl halides is 3. The first-order valence-corrected chi connectivity index (χ1v) is 8.06. The third-order valence-corrected chi connectivity index (χ3v) is 3.94. The summed E-state index contributed by atoms with van der Waals surface area (Å²) in [7, 11) is 0. The summed E-state index contributed by atoms with van der Waals surface area (Å²) in [5.41, 5.74) is 4.29. The van der Waals surface area contributed by atoms with E-state index in [-0.39, 0.29) is 11.4 Å². The van der Waals surface area contributed by atoms with Gasteiger partial charge in [-0.3, -0.25) is 15.6 Å². The molecule has 0 aliphatic carbocycles. The third kappa shape index (κ3) is 4.03. The highest BCUT2D eigenvalue weighted by atomic mass is 35.5. The van der Waals surface area contributed by atoms with E-state index in [4.69, 9.17) is 11.6 Å². The van der Waals surface area contributed by atoms with Gasteiger partial charge in [-0.05, 0) is 37.3 Å². The Kier molecular flexibility index (Phi) is 5.04. The minimum Gasteiger partial charge on any atom is -0.298 e. The topological polar surface area (TPSA) is 71.8 Å². The number of carbonyl (C=O) groups is 1. The molecule has 2 aromatic carbocycles. The van der Waals surface area contributed by atoms with Crippen molar-refractivity contribution in [3.8, 4) is 5.69 Å². The summed E-state index contributed by atoms with van der Waals surface area (Å²) < 4.78 is 40.4. The maximum Gasteiger partial charge on any atom is 0.418 e. The monoisotopic (exact) mass is 395 g/mol. The molecule has 10 heteroatoms. The predicted molar refractivity (Wildman–Crippen MR) is 93.6 cm³/mol. The van der Waals surface area contributed by atoms with Crippen molar-refractivity contribution in [1.82, 2.24) is 20.4 Å². The molecule has 0 aliphatic rings. The highest BCUT2D eigenvalue weighted by Gasteiger charge is 2.33. The average molecular weight is 396 g/mol. The van der Waals surface area contributed by atoms with Crippen LogP contribution in [0.25, 0.3) is 5.69 Å². The SMILES string of the molecule is Cc1c(C(=O)NNc2ccccc2C(F)(F)F)nnn1-c1cccc(Cl)c1. The van der Waals surface area contributed by atoms with E-state index in [0.717, 1.165) is 6.07 Å². The molecule has 1 heterocycles. The fraction of sp³-hybridized carbons (Fsp3) is 0.118. The van der Waals surface area contributed by atoms with Crippen LogP contribution in [0.2, 0.25) is 5.02 Å². The zero-order valence-electron chi connectivity index (χ0n) is 13.9. The van der Waals surface area contributed by atoms with Gasteiger partial charge in [-0.1, -0.05) is 35.0 Å². The van der Waals surface area contributed by atoms with Crippen LogP contribution in [0, 0.1) is 6.92 Å². The smallest absolute Gasteiger partial charge is 0.298 e. The average Bonchev–Trinajstić information content (AvgIpc) is 3.01. The number of rotatable bonds is 4. The van der Waals surface area contributed by atoms with Crippen molar-refractivity contribution < 1.29 is 18.0 Å². The summed E-state index contributed by atoms with van der Waals surface area (Å²) in [5.74, 6) is -0.724. The number of nitrogens with one attached hydrogen (secondary N) is 2. The first-order chi connectivity index (χ1) is 12.8. The van der Waals surface area contributed by atoms with Gasteiger partial charge in [0.1, 0.15) is 0 Å². The molecule has 0 radical (unpaired) electrons. The van der Waals surface area contributed by atoms with E-state index in [0.29, 0.717) is 16.4 Å². The lowest BCUT2D eigenvalue weighted by molar-refractivity contribution is -0.137. The maximum atomic E-state index is 13.0. The molecule has 0 bridgehead atoms. The van der Waals surface area contributed by atoms with Crippen LogP contribution < -0.4 is 10.9 Å². The number of hydrazine groups is 1. The summed E-state index contributed by atoms with van der Waals surface area (Å²) >= 11 is 5.94. The van der Waals surface area contributed by atoms with E-state index in [9.17, 15) is 18.0 Å². The summed E-state index contributed by atoms with van der Waals surface area (Å²) in [6, 6.07) is 11.6. The minimum absolute atomic E-state index is 0.0352. The molecular formula is C17H13ClF3N5O. The van der Waals surface area contributed by atoms with E-state index < -0.39 is 17.6 Å². The van der Waals surface area contributed by atoms with Crippen LogP contribution in [0.15, 0.2) is 48.5 Å². The Morgan fingerprint density at radius 3 is 2.59 bits per heavy atom. The number of hydrogen-bond acceptors (Lipinski definition) is 4. The molecule has 3 aromatic rings. The number of aromatic nitrogens is 3. The number of nitrogens with zero attached hydrogens (tertiary/aromatic N) is 3. The molecule has 0 aliphatic heterocycles. The third-order valence-electron chi connectivity index (χ3n) is 3.71. The molecule has 0 spiro atoms. The summed E-state index contributed by atoms with van der Waals surface area (Å²) in [6.45, 7) is 1.61. The van der Waals surface area contributed by atoms with Crippen LogP contribution >= 0.6 is 11.6 Å². The Morgan fingerprint density at radius 2 is 1.89 bits per heavy atom. The number of para-hydroxylation sites is 1. The number of halogens is 4. The van der Waals surface area contributed by atoms with Crippen LogP contribution in [-0.2, 0) is 6.18 Å². The van der Waals surface area contributed by atoms with E-state index in [1.165, 1.54) is 22.9 Å². The molecule has 0 atom stereocenters. The Balaban J connectivity index is 1.79. The minimum atomic E-state index is -4.56. The van der Waals surface area contributed by atoms with Gasteiger partial charge in [-0.2, -0.15) is 13.2 Å². The second-order valence-corrected chi connectivity index (χ2v) is 5.97. The van der Waals surface area contributed by atoms with Crippen LogP contribution in [-0.4, -0.2) is 20.9 Å². The second kappa shape index (κ2) is 7.28. The van der Waals surface area contributed by atoms with E-state index in [1.54, 1.807) is 31.2 Å². The summed E-state index contributed by atoms with van der Waals surface area (Å²) in [5, 5.41) is 8.19. The van der Waals surface area contributed by atoms with E-state index >= 15 is 0 Å². The van der Waals surface area contributed by atoms with Crippen molar-refractivity contribution in [1.29, 1.82) is 0 Å².